The zero-order valence-electron chi connectivity index (χ0n) is 21.4. The van der Waals surface area contributed by atoms with Crippen molar-refractivity contribution in [2.24, 2.45) is 0 Å². The molecule has 1 aliphatic heterocycles. The third kappa shape index (κ3) is 7.67. The SMILES string of the molecule is CCCCCCCCCCCOC(=O)C1=C(C)NC(C)=C(C(=O)OC)C1c1ccccc1[N+](=O)[O-]. The molecule has 0 spiro atoms. The van der Waals surface area contributed by atoms with E-state index in [4.69, 9.17) is 9.47 Å². The van der Waals surface area contributed by atoms with Gasteiger partial charge >= 0.3 is 11.9 Å². The summed E-state index contributed by atoms with van der Waals surface area (Å²) in [4.78, 5) is 37.1. The van der Waals surface area contributed by atoms with Crippen LogP contribution in [0.1, 0.15) is 90.0 Å². The van der Waals surface area contributed by atoms with Gasteiger partial charge in [-0.05, 0) is 20.3 Å². The van der Waals surface area contributed by atoms with Crippen LogP contribution in [0.2, 0.25) is 0 Å². The number of allylic oxidation sites excluding steroid dienone is 2. The van der Waals surface area contributed by atoms with Crippen molar-refractivity contribution < 1.29 is 24.0 Å². The van der Waals surface area contributed by atoms with Crippen LogP contribution < -0.4 is 5.32 Å². The predicted molar refractivity (Wildman–Crippen MR) is 135 cm³/mol. The van der Waals surface area contributed by atoms with Crippen LogP contribution in [0.3, 0.4) is 0 Å². The Morgan fingerprint density at radius 1 is 0.914 bits per heavy atom. The van der Waals surface area contributed by atoms with Gasteiger partial charge in [0.1, 0.15) is 0 Å². The third-order valence-electron chi connectivity index (χ3n) is 6.31. The first kappa shape index (κ1) is 28.1. The fourth-order valence-electron chi connectivity index (χ4n) is 4.51. The molecule has 1 atom stereocenters. The lowest BCUT2D eigenvalue weighted by atomic mass is 9.79. The van der Waals surface area contributed by atoms with E-state index in [-0.39, 0.29) is 29.0 Å². The van der Waals surface area contributed by atoms with E-state index in [1.165, 1.54) is 51.7 Å². The van der Waals surface area contributed by atoms with Crippen molar-refractivity contribution in [3.05, 3.63) is 62.5 Å². The topological polar surface area (TPSA) is 108 Å². The highest BCUT2D eigenvalue weighted by atomic mass is 16.6. The van der Waals surface area contributed by atoms with E-state index in [0.717, 1.165) is 19.3 Å². The molecule has 0 amide bonds. The zero-order valence-corrected chi connectivity index (χ0v) is 21.4. The molecule has 1 aromatic rings. The summed E-state index contributed by atoms with van der Waals surface area (Å²) in [6.07, 6.45) is 10.3. The van der Waals surface area contributed by atoms with E-state index >= 15 is 0 Å². The van der Waals surface area contributed by atoms with Gasteiger partial charge < -0.3 is 14.8 Å². The summed E-state index contributed by atoms with van der Waals surface area (Å²) in [5, 5.41) is 14.8. The number of benzene rings is 1. The molecule has 1 unspecified atom stereocenters. The number of unbranched alkanes of at least 4 members (excludes halogenated alkanes) is 8. The number of carbonyl (C=O) groups excluding carboxylic acids is 2. The summed E-state index contributed by atoms with van der Waals surface area (Å²) in [5.74, 6) is -2.22. The second-order valence-electron chi connectivity index (χ2n) is 8.91. The number of hydrogen-bond acceptors (Lipinski definition) is 7. The first-order valence-electron chi connectivity index (χ1n) is 12.5. The van der Waals surface area contributed by atoms with Crippen LogP contribution in [0.5, 0.6) is 0 Å². The van der Waals surface area contributed by atoms with E-state index in [2.05, 4.69) is 12.2 Å². The van der Waals surface area contributed by atoms with E-state index in [0.29, 0.717) is 11.4 Å². The van der Waals surface area contributed by atoms with Gasteiger partial charge in [-0.25, -0.2) is 9.59 Å². The number of nitro groups is 1. The maximum absolute atomic E-state index is 13.2. The maximum atomic E-state index is 13.2. The van der Waals surface area contributed by atoms with Crippen molar-refractivity contribution in [3.63, 3.8) is 0 Å². The summed E-state index contributed by atoms with van der Waals surface area (Å²) in [6, 6.07) is 6.12. The lowest BCUT2D eigenvalue weighted by Crippen LogP contribution is -2.32. The molecule has 0 saturated heterocycles. The normalized spacial score (nSPS) is 15.6. The maximum Gasteiger partial charge on any atom is 0.336 e. The fraction of sp³-hybridized carbons (Fsp3) is 0.556. The van der Waals surface area contributed by atoms with Crippen LogP contribution >= 0.6 is 0 Å². The first-order chi connectivity index (χ1) is 16.8. The summed E-state index contributed by atoms with van der Waals surface area (Å²) in [7, 11) is 1.24. The second kappa shape index (κ2) is 14.3. The molecule has 0 bridgehead atoms. The molecular formula is C27H38N2O6. The minimum absolute atomic E-state index is 0.155. The lowest BCUT2D eigenvalue weighted by molar-refractivity contribution is -0.385. The van der Waals surface area contributed by atoms with Crippen molar-refractivity contribution in [3.8, 4) is 0 Å². The minimum atomic E-state index is -0.971. The fourth-order valence-corrected chi connectivity index (χ4v) is 4.51. The Morgan fingerprint density at radius 2 is 1.46 bits per heavy atom. The molecule has 0 fully saturated rings. The van der Waals surface area contributed by atoms with Gasteiger partial charge in [0.25, 0.3) is 5.69 Å². The van der Waals surface area contributed by atoms with Gasteiger partial charge in [0.15, 0.2) is 0 Å². The molecule has 192 valence electrons. The van der Waals surface area contributed by atoms with E-state index in [1.807, 2.05) is 0 Å². The van der Waals surface area contributed by atoms with Crippen LogP contribution in [-0.2, 0) is 19.1 Å². The van der Waals surface area contributed by atoms with Gasteiger partial charge in [0.2, 0.25) is 0 Å². The van der Waals surface area contributed by atoms with E-state index in [9.17, 15) is 19.7 Å². The Balaban J connectivity index is 2.14. The Bertz CT molecular complexity index is 966. The number of nitrogens with zero attached hydrogens (tertiary/aromatic N) is 1. The summed E-state index contributed by atoms with van der Waals surface area (Å²) >= 11 is 0. The zero-order chi connectivity index (χ0) is 25.8. The predicted octanol–water partition coefficient (Wildman–Crippen LogP) is 6.08. The number of nitrogens with one attached hydrogen (secondary N) is 1. The molecule has 1 heterocycles. The van der Waals surface area contributed by atoms with Gasteiger partial charge in [-0.2, -0.15) is 0 Å². The quantitative estimate of drug-likeness (QED) is 0.147. The van der Waals surface area contributed by atoms with Crippen LogP contribution in [0, 0.1) is 10.1 Å². The Labute approximate surface area is 207 Å². The Morgan fingerprint density at radius 3 is 2.03 bits per heavy atom. The Hall–Kier alpha value is -3.16. The van der Waals surface area contributed by atoms with Crippen LogP contribution in [0.4, 0.5) is 5.69 Å². The average Bonchev–Trinajstić information content (AvgIpc) is 2.84. The number of esters is 2. The van der Waals surface area contributed by atoms with Gasteiger partial charge in [0, 0.05) is 23.0 Å². The largest absolute Gasteiger partial charge is 0.466 e. The number of nitro benzene ring substituents is 1. The molecule has 1 N–H and O–H groups in total. The van der Waals surface area contributed by atoms with Crippen LogP contribution in [0.15, 0.2) is 46.8 Å². The van der Waals surface area contributed by atoms with Gasteiger partial charge in [-0.1, -0.05) is 76.5 Å². The highest BCUT2D eigenvalue weighted by molar-refractivity contribution is 6.00. The highest BCUT2D eigenvalue weighted by Crippen LogP contribution is 2.42. The third-order valence-corrected chi connectivity index (χ3v) is 6.31. The molecule has 2 rings (SSSR count). The molecule has 8 nitrogen and oxygen atoms in total. The molecule has 0 saturated carbocycles. The van der Waals surface area contributed by atoms with Crippen molar-refractivity contribution in [1.29, 1.82) is 0 Å². The highest BCUT2D eigenvalue weighted by Gasteiger charge is 2.40. The van der Waals surface area contributed by atoms with Crippen molar-refractivity contribution in [2.75, 3.05) is 13.7 Å². The lowest BCUT2D eigenvalue weighted by Gasteiger charge is -2.30. The Kier molecular flexibility index (Phi) is 11.5. The van der Waals surface area contributed by atoms with Crippen molar-refractivity contribution in [2.45, 2.75) is 84.5 Å². The minimum Gasteiger partial charge on any atom is -0.466 e. The molecule has 0 aromatic heterocycles. The number of ether oxygens (including phenoxy) is 2. The molecule has 35 heavy (non-hydrogen) atoms. The number of hydrogen-bond donors (Lipinski definition) is 1. The van der Waals surface area contributed by atoms with Crippen LogP contribution in [0.25, 0.3) is 0 Å². The summed E-state index contributed by atoms with van der Waals surface area (Å²) in [6.45, 7) is 5.85. The van der Waals surface area contributed by atoms with E-state index < -0.39 is 22.8 Å². The van der Waals surface area contributed by atoms with Gasteiger partial charge in [0.05, 0.1) is 35.7 Å². The average molecular weight is 487 g/mol. The smallest absolute Gasteiger partial charge is 0.336 e. The first-order valence-corrected chi connectivity index (χ1v) is 12.5. The number of carbonyl (C=O) groups is 2. The number of methoxy groups -OCH3 is 1. The molecule has 8 heteroatoms. The molecule has 0 aliphatic carbocycles. The summed E-state index contributed by atoms with van der Waals surface area (Å²) in [5.41, 5.74) is 1.38. The number of dihydropyridines is 1. The summed E-state index contributed by atoms with van der Waals surface area (Å²) < 4.78 is 10.5. The molecule has 1 aliphatic rings. The monoisotopic (exact) mass is 486 g/mol. The molecular weight excluding hydrogens is 448 g/mol. The molecule has 0 radical (unpaired) electrons. The second-order valence-corrected chi connectivity index (χ2v) is 8.91. The van der Waals surface area contributed by atoms with Crippen molar-refractivity contribution >= 4 is 17.6 Å². The van der Waals surface area contributed by atoms with Gasteiger partial charge in [-0.15, -0.1) is 0 Å². The van der Waals surface area contributed by atoms with Crippen molar-refractivity contribution in [1.82, 2.24) is 5.32 Å². The number of para-hydroxylation sites is 1. The standard InChI is InChI=1S/C27H38N2O6/c1-5-6-7-8-9-10-11-12-15-18-35-27(31)24-20(3)28-19(2)23(26(30)34-4)25(24)21-16-13-14-17-22(21)29(32)33/h13-14,16-17,25,28H,5-12,15,18H2,1-4H3. The van der Waals surface area contributed by atoms with Gasteiger partial charge in [-0.3, -0.25) is 10.1 Å². The number of rotatable bonds is 14. The van der Waals surface area contributed by atoms with Crippen LogP contribution in [-0.4, -0.2) is 30.6 Å². The molecule has 1 aromatic carbocycles. The van der Waals surface area contributed by atoms with E-state index in [1.54, 1.807) is 32.0 Å².